The summed E-state index contributed by atoms with van der Waals surface area (Å²) in [6.07, 6.45) is 2.52. The molecular formula is C25H29N3O3. The molecule has 2 aromatic carbocycles. The molecule has 0 aromatic heterocycles. The average Bonchev–Trinajstić information content (AvgIpc) is 2.78. The van der Waals surface area contributed by atoms with Gasteiger partial charge < -0.3 is 4.90 Å². The van der Waals surface area contributed by atoms with Crippen molar-refractivity contribution in [3.8, 4) is 0 Å². The second kappa shape index (κ2) is 9.60. The van der Waals surface area contributed by atoms with Crippen LogP contribution in [-0.2, 0) is 9.59 Å². The predicted molar refractivity (Wildman–Crippen MR) is 124 cm³/mol. The molecule has 1 aliphatic heterocycles. The van der Waals surface area contributed by atoms with Crippen LogP contribution in [0.25, 0.3) is 6.08 Å². The molecule has 6 nitrogen and oxygen atoms in total. The molecule has 1 N–H and O–H groups in total. The first-order valence-electron chi connectivity index (χ1n) is 10.8. The number of urea groups is 1. The van der Waals surface area contributed by atoms with Crippen LogP contribution in [0.2, 0.25) is 0 Å². The van der Waals surface area contributed by atoms with Gasteiger partial charge in [0.05, 0.1) is 5.69 Å². The van der Waals surface area contributed by atoms with E-state index in [2.05, 4.69) is 37.9 Å². The summed E-state index contributed by atoms with van der Waals surface area (Å²) in [4.78, 5) is 41.1. The van der Waals surface area contributed by atoms with E-state index in [1.54, 1.807) is 12.1 Å². The molecule has 1 atom stereocenters. The lowest BCUT2D eigenvalue weighted by Crippen LogP contribution is -2.54. The molecule has 31 heavy (non-hydrogen) atoms. The molecule has 1 saturated heterocycles. The van der Waals surface area contributed by atoms with Crippen LogP contribution in [0, 0.1) is 0 Å². The Balaban J connectivity index is 1.88. The molecule has 1 aliphatic rings. The first-order valence-corrected chi connectivity index (χ1v) is 10.8. The van der Waals surface area contributed by atoms with E-state index in [1.165, 1.54) is 6.08 Å². The normalized spacial score (nSPS) is 16.5. The van der Waals surface area contributed by atoms with Crippen molar-refractivity contribution < 1.29 is 14.4 Å². The smallest absolute Gasteiger partial charge is 0.335 e. The lowest BCUT2D eigenvalue weighted by molar-refractivity contribution is -0.122. The zero-order valence-electron chi connectivity index (χ0n) is 18.5. The van der Waals surface area contributed by atoms with Crippen LogP contribution < -0.4 is 15.1 Å². The SMILES string of the molecule is CC[C@H](C)c1ccc(N2C(=O)NC(=O)/C(=C/c3ccc(N(CC)CC)cc3)C2=O)cc1. The Hall–Kier alpha value is -3.41. The van der Waals surface area contributed by atoms with Crippen LogP contribution in [-0.4, -0.2) is 30.9 Å². The van der Waals surface area contributed by atoms with Gasteiger partial charge in [0, 0.05) is 18.8 Å². The topological polar surface area (TPSA) is 69.7 Å². The summed E-state index contributed by atoms with van der Waals surface area (Å²) in [7, 11) is 0. The minimum atomic E-state index is -0.736. The van der Waals surface area contributed by atoms with E-state index in [0.29, 0.717) is 11.6 Å². The van der Waals surface area contributed by atoms with Gasteiger partial charge in [-0.1, -0.05) is 38.1 Å². The van der Waals surface area contributed by atoms with E-state index in [4.69, 9.17) is 0 Å². The molecule has 1 heterocycles. The van der Waals surface area contributed by atoms with Crippen molar-refractivity contribution in [2.24, 2.45) is 0 Å². The van der Waals surface area contributed by atoms with Crippen molar-refractivity contribution in [3.63, 3.8) is 0 Å². The van der Waals surface area contributed by atoms with Crippen LogP contribution in [0.3, 0.4) is 0 Å². The molecule has 0 bridgehead atoms. The van der Waals surface area contributed by atoms with E-state index >= 15 is 0 Å². The number of imide groups is 2. The number of nitrogens with zero attached hydrogens (tertiary/aromatic N) is 2. The molecule has 0 radical (unpaired) electrons. The third kappa shape index (κ3) is 4.68. The molecule has 1 fully saturated rings. The van der Waals surface area contributed by atoms with Crippen LogP contribution >= 0.6 is 0 Å². The number of hydrogen-bond donors (Lipinski definition) is 1. The maximum absolute atomic E-state index is 13.1. The van der Waals surface area contributed by atoms with E-state index in [0.717, 1.165) is 41.2 Å². The van der Waals surface area contributed by atoms with Crippen molar-refractivity contribution >= 4 is 35.3 Å². The molecule has 162 valence electrons. The third-order valence-electron chi connectivity index (χ3n) is 5.77. The van der Waals surface area contributed by atoms with Gasteiger partial charge in [-0.25, -0.2) is 9.69 Å². The maximum atomic E-state index is 13.1. The highest BCUT2D eigenvalue weighted by atomic mass is 16.2. The number of benzene rings is 2. The number of rotatable bonds is 7. The number of carbonyl (C=O) groups is 3. The first kappa shape index (κ1) is 22.3. The van der Waals surface area contributed by atoms with Gasteiger partial charge >= 0.3 is 6.03 Å². The highest BCUT2D eigenvalue weighted by molar-refractivity contribution is 6.39. The zero-order valence-corrected chi connectivity index (χ0v) is 18.5. The van der Waals surface area contributed by atoms with Crippen molar-refractivity contribution in [2.45, 2.75) is 40.0 Å². The number of amides is 4. The van der Waals surface area contributed by atoms with E-state index in [9.17, 15) is 14.4 Å². The summed E-state index contributed by atoms with van der Waals surface area (Å²) in [6.45, 7) is 10.2. The Bertz CT molecular complexity index is 990. The van der Waals surface area contributed by atoms with Gasteiger partial charge in [-0.15, -0.1) is 0 Å². The van der Waals surface area contributed by atoms with Gasteiger partial charge in [-0.05, 0) is 67.7 Å². The van der Waals surface area contributed by atoms with E-state index < -0.39 is 17.8 Å². The second-order valence-electron chi connectivity index (χ2n) is 7.62. The number of hydrogen-bond acceptors (Lipinski definition) is 4. The monoisotopic (exact) mass is 419 g/mol. The van der Waals surface area contributed by atoms with Crippen LogP contribution in [0.1, 0.15) is 51.2 Å². The Morgan fingerprint density at radius 2 is 1.55 bits per heavy atom. The van der Waals surface area contributed by atoms with E-state index in [1.807, 2.05) is 36.4 Å². The minimum Gasteiger partial charge on any atom is -0.372 e. The zero-order chi connectivity index (χ0) is 22.5. The highest BCUT2D eigenvalue weighted by Crippen LogP contribution is 2.26. The lowest BCUT2D eigenvalue weighted by atomic mass is 9.98. The molecule has 6 heteroatoms. The van der Waals surface area contributed by atoms with E-state index in [-0.39, 0.29) is 5.57 Å². The van der Waals surface area contributed by atoms with Gasteiger partial charge in [-0.2, -0.15) is 0 Å². The van der Waals surface area contributed by atoms with Gasteiger partial charge in [0.25, 0.3) is 11.8 Å². The Morgan fingerprint density at radius 1 is 0.935 bits per heavy atom. The van der Waals surface area contributed by atoms with Crippen LogP contribution in [0.5, 0.6) is 0 Å². The van der Waals surface area contributed by atoms with Gasteiger partial charge in [0.2, 0.25) is 0 Å². The van der Waals surface area contributed by atoms with Crippen molar-refractivity contribution in [3.05, 3.63) is 65.2 Å². The largest absolute Gasteiger partial charge is 0.372 e. The second-order valence-corrected chi connectivity index (χ2v) is 7.62. The Kier molecular flexibility index (Phi) is 6.90. The molecule has 0 spiro atoms. The molecule has 2 aromatic rings. The van der Waals surface area contributed by atoms with Crippen molar-refractivity contribution in [1.82, 2.24) is 5.32 Å². The number of barbiturate groups is 1. The number of carbonyl (C=O) groups excluding carboxylic acids is 3. The summed E-state index contributed by atoms with van der Waals surface area (Å²) >= 11 is 0. The van der Waals surface area contributed by atoms with Crippen LogP contribution in [0.4, 0.5) is 16.2 Å². The molecule has 4 amide bonds. The summed E-state index contributed by atoms with van der Waals surface area (Å²) in [5.74, 6) is -0.926. The number of anilines is 2. The fraction of sp³-hybridized carbons (Fsp3) is 0.320. The maximum Gasteiger partial charge on any atom is 0.335 e. The lowest BCUT2D eigenvalue weighted by Gasteiger charge is -2.26. The third-order valence-corrected chi connectivity index (χ3v) is 5.77. The fourth-order valence-electron chi connectivity index (χ4n) is 3.62. The molecule has 0 saturated carbocycles. The van der Waals surface area contributed by atoms with Gasteiger partial charge in [0.15, 0.2) is 0 Å². The Morgan fingerprint density at radius 3 is 2.10 bits per heavy atom. The molecular weight excluding hydrogens is 390 g/mol. The quantitative estimate of drug-likeness (QED) is 0.521. The van der Waals surface area contributed by atoms with Crippen molar-refractivity contribution in [1.29, 1.82) is 0 Å². The summed E-state index contributed by atoms with van der Waals surface area (Å²) in [5.41, 5.74) is 3.29. The molecule has 0 aliphatic carbocycles. The summed E-state index contributed by atoms with van der Waals surface area (Å²) in [6, 6.07) is 14.2. The first-order chi connectivity index (χ1) is 14.9. The number of nitrogens with one attached hydrogen (secondary N) is 1. The van der Waals surface area contributed by atoms with Crippen LogP contribution in [0.15, 0.2) is 54.1 Å². The molecule has 0 unspecified atom stereocenters. The minimum absolute atomic E-state index is 0.0683. The summed E-state index contributed by atoms with van der Waals surface area (Å²) in [5, 5.41) is 2.28. The van der Waals surface area contributed by atoms with Gasteiger partial charge in [0.1, 0.15) is 5.57 Å². The summed E-state index contributed by atoms with van der Waals surface area (Å²) < 4.78 is 0. The average molecular weight is 420 g/mol. The van der Waals surface area contributed by atoms with Gasteiger partial charge in [-0.3, -0.25) is 14.9 Å². The highest BCUT2D eigenvalue weighted by Gasteiger charge is 2.36. The standard InChI is InChI=1S/C25H29N3O3/c1-5-17(4)19-10-14-21(15-11-19)28-24(30)22(23(29)26-25(28)31)16-18-8-12-20(13-9-18)27(6-2)7-3/h8-17H,5-7H2,1-4H3,(H,26,29,31)/b22-16-/t17-/m0/s1. The Labute approximate surface area is 183 Å². The molecule has 3 rings (SSSR count). The fourth-order valence-corrected chi connectivity index (χ4v) is 3.62. The predicted octanol–water partition coefficient (Wildman–Crippen LogP) is 4.71. The van der Waals surface area contributed by atoms with Crippen molar-refractivity contribution in [2.75, 3.05) is 22.9 Å².